The number of hydrogen-bond donors (Lipinski definition) is 1. The van der Waals surface area contributed by atoms with Crippen molar-refractivity contribution in [1.29, 1.82) is 0 Å². The Morgan fingerprint density at radius 3 is 2.45 bits per heavy atom. The maximum absolute atomic E-state index is 11.9. The molecule has 4 heteroatoms. The normalized spacial score (nSPS) is 11.2. The summed E-state index contributed by atoms with van der Waals surface area (Å²) in [4.78, 5) is 11.9. The third-order valence-electron chi connectivity index (χ3n) is 2.88. The van der Waals surface area contributed by atoms with Crippen LogP contribution in [0.2, 0.25) is 5.02 Å². The van der Waals surface area contributed by atoms with Crippen LogP contribution in [-0.4, -0.2) is 11.6 Å². The van der Waals surface area contributed by atoms with E-state index >= 15 is 0 Å². The first-order valence-corrected chi connectivity index (χ1v) is 6.61. The number of carbonyl (C=O) groups excluding carboxylic acids is 1. The Hall–Kier alpha value is -2.13. The number of hydrogen-bond acceptors (Lipinski definition) is 2. The molecule has 20 heavy (non-hydrogen) atoms. The minimum absolute atomic E-state index is 0.279. The number of halogens is 1. The van der Waals surface area contributed by atoms with Crippen molar-refractivity contribution in [2.45, 2.75) is 13.8 Å². The molecule has 0 saturated heterocycles. The first-order chi connectivity index (χ1) is 9.56. The van der Waals surface area contributed by atoms with Crippen molar-refractivity contribution in [3.05, 3.63) is 70.2 Å². The molecule has 0 bridgehead atoms. The SMILES string of the molecule is C/C(=N/NC(=O)c1cccc(Cl)c1)c1ccc(C)cc1. The van der Waals surface area contributed by atoms with Gasteiger partial charge in [0.25, 0.3) is 5.91 Å². The number of hydrazone groups is 1. The lowest BCUT2D eigenvalue weighted by atomic mass is 10.1. The summed E-state index contributed by atoms with van der Waals surface area (Å²) in [7, 11) is 0. The summed E-state index contributed by atoms with van der Waals surface area (Å²) in [6, 6.07) is 14.7. The summed E-state index contributed by atoms with van der Waals surface area (Å²) < 4.78 is 0. The van der Waals surface area contributed by atoms with E-state index in [1.54, 1.807) is 24.3 Å². The van der Waals surface area contributed by atoms with Gasteiger partial charge in [-0.25, -0.2) is 5.43 Å². The van der Waals surface area contributed by atoms with Gasteiger partial charge in [0.05, 0.1) is 5.71 Å². The second kappa shape index (κ2) is 6.35. The fourth-order valence-corrected chi connectivity index (χ4v) is 1.88. The van der Waals surface area contributed by atoms with E-state index in [0.717, 1.165) is 11.3 Å². The van der Waals surface area contributed by atoms with Crippen molar-refractivity contribution >= 4 is 23.2 Å². The van der Waals surface area contributed by atoms with Gasteiger partial charge in [0.2, 0.25) is 0 Å². The highest BCUT2D eigenvalue weighted by atomic mass is 35.5. The molecule has 3 nitrogen and oxygen atoms in total. The van der Waals surface area contributed by atoms with Gasteiger partial charge in [0, 0.05) is 10.6 Å². The average Bonchev–Trinajstić information content (AvgIpc) is 2.45. The van der Waals surface area contributed by atoms with Gasteiger partial charge in [-0.3, -0.25) is 4.79 Å². The Labute approximate surface area is 123 Å². The minimum Gasteiger partial charge on any atom is -0.267 e. The zero-order chi connectivity index (χ0) is 14.5. The molecule has 2 rings (SSSR count). The van der Waals surface area contributed by atoms with Gasteiger partial charge in [0.1, 0.15) is 0 Å². The predicted octanol–water partition coefficient (Wildman–Crippen LogP) is 3.80. The summed E-state index contributed by atoms with van der Waals surface area (Å²) in [5.74, 6) is -0.279. The summed E-state index contributed by atoms with van der Waals surface area (Å²) in [6.45, 7) is 3.88. The van der Waals surface area contributed by atoms with E-state index in [1.807, 2.05) is 38.1 Å². The zero-order valence-corrected chi connectivity index (χ0v) is 12.1. The van der Waals surface area contributed by atoms with E-state index in [-0.39, 0.29) is 5.91 Å². The number of aryl methyl sites for hydroxylation is 1. The molecule has 0 aromatic heterocycles. The number of rotatable bonds is 3. The van der Waals surface area contributed by atoms with Crippen LogP contribution in [-0.2, 0) is 0 Å². The lowest BCUT2D eigenvalue weighted by molar-refractivity contribution is 0.0955. The first kappa shape index (κ1) is 14.3. The molecule has 0 aliphatic carbocycles. The monoisotopic (exact) mass is 286 g/mol. The molecule has 0 spiro atoms. The van der Waals surface area contributed by atoms with Gasteiger partial charge in [-0.2, -0.15) is 5.10 Å². The van der Waals surface area contributed by atoms with Crippen molar-refractivity contribution in [3.63, 3.8) is 0 Å². The predicted molar refractivity (Wildman–Crippen MR) is 82.3 cm³/mol. The van der Waals surface area contributed by atoms with Crippen LogP contribution in [0.4, 0.5) is 0 Å². The lowest BCUT2D eigenvalue weighted by Gasteiger charge is -2.04. The summed E-state index contributed by atoms with van der Waals surface area (Å²) in [6.07, 6.45) is 0. The molecule has 0 radical (unpaired) electrons. The van der Waals surface area contributed by atoms with Crippen molar-refractivity contribution in [1.82, 2.24) is 5.43 Å². The fourth-order valence-electron chi connectivity index (χ4n) is 1.69. The van der Waals surface area contributed by atoms with Crippen LogP contribution in [0.5, 0.6) is 0 Å². The number of amides is 1. The molecule has 0 aliphatic heterocycles. The highest BCUT2D eigenvalue weighted by Gasteiger charge is 2.05. The van der Waals surface area contributed by atoms with E-state index in [4.69, 9.17) is 11.6 Å². The van der Waals surface area contributed by atoms with Gasteiger partial charge < -0.3 is 0 Å². The lowest BCUT2D eigenvalue weighted by Crippen LogP contribution is -2.19. The molecule has 0 aliphatic rings. The summed E-state index contributed by atoms with van der Waals surface area (Å²) in [5.41, 5.74) is 5.92. The van der Waals surface area contributed by atoms with Crippen LogP contribution in [0, 0.1) is 6.92 Å². The van der Waals surface area contributed by atoms with Crippen molar-refractivity contribution in [3.8, 4) is 0 Å². The van der Waals surface area contributed by atoms with Crippen LogP contribution < -0.4 is 5.43 Å². The molecule has 0 atom stereocenters. The third-order valence-corrected chi connectivity index (χ3v) is 3.12. The fraction of sp³-hybridized carbons (Fsp3) is 0.125. The van der Waals surface area contributed by atoms with Crippen molar-refractivity contribution in [2.75, 3.05) is 0 Å². The number of benzene rings is 2. The number of nitrogens with one attached hydrogen (secondary N) is 1. The molecular formula is C16H15ClN2O. The first-order valence-electron chi connectivity index (χ1n) is 6.23. The molecular weight excluding hydrogens is 272 g/mol. The van der Waals surface area contributed by atoms with Crippen LogP contribution >= 0.6 is 11.6 Å². The summed E-state index contributed by atoms with van der Waals surface area (Å²) >= 11 is 5.85. The summed E-state index contributed by atoms with van der Waals surface area (Å²) in [5, 5.41) is 4.63. The maximum Gasteiger partial charge on any atom is 0.271 e. The Kier molecular flexibility index (Phi) is 4.53. The average molecular weight is 287 g/mol. The van der Waals surface area contributed by atoms with Crippen LogP contribution in [0.15, 0.2) is 53.6 Å². The number of carbonyl (C=O) groups is 1. The molecule has 1 amide bonds. The number of nitrogens with zero attached hydrogens (tertiary/aromatic N) is 1. The Morgan fingerprint density at radius 2 is 1.80 bits per heavy atom. The Bertz CT molecular complexity index is 648. The minimum atomic E-state index is -0.279. The van der Waals surface area contributed by atoms with E-state index in [0.29, 0.717) is 10.6 Å². The molecule has 102 valence electrons. The Balaban J connectivity index is 2.08. The highest BCUT2D eigenvalue weighted by molar-refractivity contribution is 6.30. The van der Waals surface area contributed by atoms with Crippen LogP contribution in [0.3, 0.4) is 0 Å². The second-order valence-electron chi connectivity index (χ2n) is 4.51. The standard InChI is InChI=1S/C16H15ClN2O/c1-11-6-8-13(9-7-11)12(2)18-19-16(20)14-4-3-5-15(17)10-14/h3-10H,1-2H3,(H,19,20)/b18-12-. The second-order valence-corrected chi connectivity index (χ2v) is 4.95. The van der Waals surface area contributed by atoms with Gasteiger partial charge in [0.15, 0.2) is 0 Å². The maximum atomic E-state index is 11.9. The molecule has 1 N–H and O–H groups in total. The molecule has 0 saturated carbocycles. The van der Waals surface area contributed by atoms with E-state index < -0.39 is 0 Å². The topological polar surface area (TPSA) is 41.5 Å². The molecule has 2 aromatic rings. The molecule has 2 aromatic carbocycles. The van der Waals surface area contributed by atoms with E-state index in [9.17, 15) is 4.79 Å². The van der Waals surface area contributed by atoms with E-state index in [1.165, 1.54) is 5.56 Å². The third kappa shape index (κ3) is 3.68. The quantitative estimate of drug-likeness (QED) is 0.677. The molecule has 0 fully saturated rings. The van der Waals surface area contributed by atoms with Gasteiger partial charge >= 0.3 is 0 Å². The van der Waals surface area contributed by atoms with Crippen molar-refractivity contribution < 1.29 is 4.79 Å². The van der Waals surface area contributed by atoms with Gasteiger partial charge in [-0.05, 0) is 37.6 Å². The Morgan fingerprint density at radius 1 is 1.10 bits per heavy atom. The van der Waals surface area contributed by atoms with Crippen LogP contribution in [0.1, 0.15) is 28.4 Å². The molecule has 0 unspecified atom stereocenters. The van der Waals surface area contributed by atoms with Crippen LogP contribution in [0.25, 0.3) is 0 Å². The molecule has 0 heterocycles. The van der Waals surface area contributed by atoms with Gasteiger partial charge in [-0.15, -0.1) is 0 Å². The zero-order valence-electron chi connectivity index (χ0n) is 11.4. The largest absolute Gasteiger partial charge is 0.271 e. The smallest absolute Gasteiger partial charge is 0.267 e. The highest BCUT2D eigenvalue weighted by Crippen LogP contribution is 2.10. The van der Waals surface area contributed by atoms with E-state index in [2.05, 4.69) is 10.5 Å². The van der Waals surface area contributed by atoms with Gasteiger partial charge in [-0.1, -0.05) is 47.5 Å². The van der Waals surface area contributed by atoms with Crippen molar-refractivity contribution in [2.24, 2.45) is 5.10 Å².